The van der Waals surface area contributed by atoms with Crippen molar-refractivity contribution < 1.29 is 24.5 Å². The number of carbonyl (C=O) groups excluding carboxylic acids is 2. The molecule has 0 heterocycles. The second kappa shape index (κ2) is 16.4. The van der Waals surface area contributed by atoms with E-state index in [2.05, 4.69) is 43.2 Å². The highest BCUT2D eigenvalue weighted by atomic mass is 16.5. The first-order valence-corrected chi connectivity index (χ1v) is 14.3. The molecule has 0 radical (unpaired) electrons. The summed E-state index contributed by atoms with van der Waals surface area (Å²) in [5.41, 5.74) is 0.701. The molecule has 2 rings (SSSR count). The van der Waals surface area contributed by atoms with Gasteiger partial charge in [-0.15, -0.1) is 0 Å². The lowest BCUT2D eigenvalue weighted by atomic mass is 9.98. The highest BCUT2D eigenvalue weighted by molar-refractivity contribution is 5.90. The third-order valence-electron chi connectivity index (χ3n) is 6.96. The maximum absolute atomic E-state index is 13.6. The van der Waals surface area contributed by atoms with Crippen molar-refractivity contribution in [3.63, 3.8) is 0 Å². The second-order valence-corrected chi connectivity index (χ2v) is 11.9. The molecule has 0 aromatic heterocycles. The van der Waals surface area contributed by atoms with Crippen molar-refractivity contribution >= 4 is 11.8 Å². The minimum atomic E-state index is -1.21. The van der Waals surface area contributed by atoms with Gasteiger partial charge in [0.2, 0.25) is 11.8 Å². The number of carbonyl (C=O) groups is 2. The van der Waals surface area contributed by atoms with Crippen LogP contribution in [0.1, 0.15) is 58.6 Å². The molecule has 2 atom stereocenters. The van der Waals surface area contributed by atoms with Gasteiger partial charge in [-0.25, -0.2) is 0 Å². The average molecular weight is 556 g/mol. The lowest BCUT2D eigenvalue weighted by molar-refractivity contribution is -0.133. The molecule has 8 nitrogen and oxygen atoms in total. The van der Waals surface area contributed by atoms with Crippen LogP contribution in [-0.4, -0.2) is 71.4 Å². The Labute approximate surface area is 240 Å². The summed E-state index contributed by atoms with van der Waals surface area (Å²) in [5, 5.41) is 25.2. The van der Waals surface area contributed by atoms with Crippen molar-refractivity contribution in [3.05, 3.63) is 65.7 Å². The molecule has 0 aliphatic heterocycles. The van der Waals surface area contributed by atoms with Gasteiger partial charge in [0.25, 0.3) is 0 Å². The largest absolute Gasteiger partial charge is 0.489 e. The van der Waals surface area contributed by atoms with E-state index in [9.17, 15) is 19.8 Å². The molecule has 2 amide bonds. The normalized spacial score (nSPS) is 13.4. The minimum Gasteiger partial charge on any atom is -0.489 e. The van der Waals surface area contributed by atoms with Gasteiger partial charge in [-0.3, -0.25) is 14.5 Å². The number of amides is 2. The number of aliphatic hydroxyl groups is 2. The number of nitrogens with one attached hydrogen (secondary N) is 2. The van der Waals surface area contributed by atoms with E-state index in [1.807, 2.05) is 61.6 Å². The first kappa shape index (κ1) is 33.3. The lowest BCUT2D eigenvalue weighted by Crippen LogP contribution is -2.60. The molecule has 0 bridgehead atoms. The molecule has 40 heavy (non-hydrogen) atoms. The minimum absolute atomic E-state index is 0.211. The third-order valence-corrected chi connectivity index (χ3v) is 6.96. The number of rotatable bonds is 17. The Morgan fingerprint density at radius 1 is 0.900 bits per heavy atom. The van der Waals surface area contributed by atoms with Crippen LogP contribution in [-0.2, 0) is 22.6 Å². The fourth-order valence-corrected chi connectivity index (χ4v) is 4.24. The van der Waals surface area contributed by atoms with Gasteiger partial charge in [0.1, 0.15) is 18.4 Å². The van der Waals surface area contributed by atoms with E-state index in [0.717, 1.165) is 24.1 Å². The molecule has 0 saturated heterocycles. The van der Waals surface area contributed by atoms with Crippen molar-refractivity contribution in [1.82, 2.24) is 15.5 Å². The number of hydrogen-bond donors (Lipinski definition) is 4. The summed E-state index contributed by atoms with van der Waals surface area (Å²) < 4.78 is 5.88. The van der Waals surface area contributed by atoms with Gasteiger partial charge < -0.3 is 25.6 Å². The fourth-order valence-electron chi connectivity index (χ4n) is 4.24. The first-order valence-electron chi connectivity index (χ1n) is 14.3. The summed E-state index contributed by atoms with van der Waals surface area (Å²) in [6.07, 6.45) is 1.87. The predicted octanol–water partition coefficient (Wildman–Crippen LogP) is 3.55. The van der Waals surface area contributed by atoms with E-state index in [-0.39, 0.29) is 18.4 Å². The van der Waals surface area contributed by atoms with Crippen LogP contribution in [0.15, 0.2) is 54.6 Å². The van der Waals surface area contributed by atoms with Crippen molar-refractivity contribution in [3.8, 4) is 5.75 Å². The summed E-state index contributed by atoms with van der Waals surface area (Å²) in [6, 6.07) is 16.1. The van der Waals surface area contributed by atoms with Gasteiger partial charge >= 0.3 is 0 Å². The monoisotopic (exact) mass is 555 g/mol. The van der Waals surface area contributed by atoms with Crippen LogP contribution in [0.2, 0.25) is 0 Å². The van der Waals surface area contributed by atoms with E-state index >= 15 is 0 Å². The summed E-state index contributed by atoms with van der Waals surface area (Å²) in [6.45, 7) is 10.4. The van der Waals surface area contributed by atoms with Crippen LogP contribution in [0.25, 0.3) is 0 Å². The lowest BCUT2D eigenvalue weighted by Gasteiger charge is -2.32. The Balaban J connectivity index is 2.20. The molecule has 222 valence electrons. The molecule has 8 heteroatoms. The molecule has 0 fully saturated rings. The molecule has 0 saturated carbocycles. The fraction of sp³-hybridized carbons (Fsp3) is 0.562. The first-order chi connectivity index (χ1) is 19.0. The number of nitrogens with zero attached hydrogens (tertiary/aromatic N) is 1. The van der Waals surface area contributed by atoms with E-state index < -0.39 is 30.7 Å². The van der Waals surface area contributed by atoms with Gasteiger partial charge in [-0.2, -0.15) is 0 Å². The number of aliphatic hydroxyl groups excluding tert-OH is 2. The zero-order valence-electron chi connectivity index (χ0n) is 25.0. The van der Waals surface area contributed by atoms with Crippen LogP contribution >= 0.6 is 0 Å². The number of benzene rings is 2. The summed E-state index contributed by atoms with van der Waals surface area (Å²) in [4.78, 5) is 29.0. The Morgan fingerprint density at radius 2 is 1.52 bits per heavy atom. The molecule has 2 aromatic rings. The topological polar surface area (TPSA) is 111 Å². The quantitative estimate of drug-likeness (QED) is 0.238. The van der Waals surface area contributed by atoms with Gasteiger partial charge in [-0.1, -0.05) is 70.2 Å². The van der Waals surface area contributed by atoms with Crippen LogP contribution in [0, 0.1) is 11.8 Å². The van der Waals surface area contributed by atoms with Gasteiger partial charge in [0.05, 0.1) is 24.8 Å². The number of likely N-dealkylation sites (N-methyl/N-ethyl adjacent to an activating group) is 1. The molecule has 0 aliphatic carbocycles. The molecule has 2 aromatic carbocycles. The molecular weight excluding hydrogens is 506 g/mol. The van der Waals surface area contributed by atoms with Crippen molar-refractivity contribution in [2.75, 3.05) is 26.8 Å². The number of hydrogen-bond acceptors (Lipinski definition) is 6. The summed E-state index contributed by atoms with van der Waals surface area (Å²) in [7, 11) is 1.95. The Morgan fingerprint density at radius 3 is 2.08 bits per heavy atom. The van der Waals surface area contributed by atoms with Crippen LogP contribution in [0.3, 0.4) is 0 Å². The maximum atomic E-state index is 13.6. The Hall–Kier alpha value is -2.94. The Bertz CT molecular complexity index is 1020. The van der Waals surface area contributed by atoms with E-state index in [0.29, 0.717) is 30.6 Å². The van der Waals surface area contributed by atoms with Crippen LogP contribution in [0.5, 0.6) is 5.75 Å². The third kappa shape index (κ3) is 11.3. The highest BCUT2D eigenvalue weighted by Crippen LogP contribution is 2.17. The molecule has 0 unspecified atom stereocenters. The SMILES string of the molecule is CC(C)CCN(C)[C@@H](CC(C)C)C(=O)N[C@@H](Cc1ccc(OCc2ccccc2)cc1)C(=O)NC(C)(CO)CO. The number of ether oxygens (including phenoxy) is 1. The predicted molar refractivity (Wildman–Crippen MR) is 159 cm³/mol. The smallest absolute Gasteiger partial charge is 0.243 e. The average Bonchev–Trinajstić information content (AvgIpc) is 2.94. The summed E-state index contributed by atoms with van der Waals surface area (Å²) in [5.74, 6) is 0.835. The van der Waals surface area contributed by atoms with Crippen LogP contribution in [0.4, 0.5) is 0 Å². The molecule has 0 aliphatic rings. The van der Waals surface area contributed by atoms with Gasteiger partial charge in [0, 0.05) is 6.42 Å². The van der Waals surface area contributed by atoms with E-state index in [1.165, 1.54) is 0 Å². The van der Waals surface area contributed by atoms with E-state index in [1.54, 1.807) is 6.92 Å². The molecular formula is C32H49N3O5. The molecule has 0 spiro atoms. The van der Waals surface area contributed by atoms with Crippen molar-refractivity contribution in [2.45, 2.75) is 78.1 Å². The van der Waals surface area contributed by atoms with Crippen molar-refractivity contribution in [2.24, 2.45) is 11.8 Å². The highest BCUT2D eigenvalue weighted by Gasteiger charge is 2.32. The maximum Gasteiger partial charge on any atom is 0.243 e. The summed E-state index contributed by atoms with van der Waals surface area (Å²) >= 11 is 0. The van der Waals surface area contributed by atoms with E-state index in [4.69, 9.17) is 4.74 Å². The zero-order chi connectivity index (χ0) is 29.7. The van der Waals surface area contributed by atoms with Crippen LogP contribution < -0.4 is 15.4 Å². The zero-order valence-corrected chi connectivity index (χ0v) is 25.0. The standard InChI is InChI=1S/C32H49N3O5/c1-23(2)16-17-35(6)29(18-24(3)4)31(39)33-28(30(38)34-32(5,21-36)22-37)19-25-12-14-27(15-13-25)40-20-26-10-8-7-9-11-26/h7-15,23-24,28-29,36-37H,16-22H2,1-6H3,(H,33,39)(H,34,38)/t28-,29-/m0/s1. The second-order valence-electron chi connectivity index (χ2n) is 11.9. The van der Waals surface area contributed by atoms with Gasteiger partial charge in [-0.05, 0) is 68.5 Å². The van der Waals surface area contributed by atoms with Gasteiger partial charge in [0.15, 0.2) is 0 Å². The Kier molecular flexibility index (Phi) is 13.6. The van der Waals surface area contributed by atoms with Crippen molar-refractivity contribution in [1.29, 1.82) is 0 Å². The molecule has 4 N–H and O–H groups in total.